The Kier molecular flexibility index (Phi) is 4.05. The van der Waals surface area contributed by atoms with E-state index in [1.807, 2.05) is 42.5 Å². The number of carboxylic acids is 1. The SMILES string of the molecule is O=C1N(OCc2ccccc2)[C@@H]2CC[C@](C(=O)O)(N3C(=O)[C@@H]4[C@H](C3=O)[C@@H]3C=C[C@H]4C3)N1C2. The summed E-state index contributed by atoms with van der Waals surface area (Å²) in [5, 5.41) is 11.5. The Hall–Kier alpha value is -3.20. The van der Waals surface area contributed by atoms with E-state index < -0.39 is 41.3 Å². The summed E-state index contributed by atoms with van der Waals surface area (Å²) >= 11 is 0. The van der Waals surface area contributed by atoms with E-state index in [0.29, 0.717) is 6.42 Å². The predicted molar refractivity (Wildman–Crippen MR) is 108 cm³/mol. The third-order valence-corrected chi connectivity index (χ3v) is 7.81. The molecule has 6 rings (SSSR count). The van der Waals surface area contributed by atoms with Crippen LogP contribution in [0.2, 0.25) is 0 Å². The van der Waals surface area contributed by atoms with E-state index in [2.05, 4.69) is 0 Å². The number of allylic oxidation sites excluding steroid dienone is 2. The Morgan fingerprint density at radius 3 is 2.34 bits per heavy atom. The van der Waals surface area contributed by atoms with Gasteiger partial charge in [-0.15, -0.1) is 0 Å². The molecule has 4 fully saturated rings. The van der Waals surface area contributed by atoms with Gasteiger partial charge in [-0.1, -0.05) is 42.5 Å². The first-order valence-corrected chi connectivity index (χ1v) is 11.0. The summed E-state index contributed by atoms with van der Waals surface area (Å²) in [5.74, 6) is -3.38. The van der Waals surface area contributed by atoms with Crippen molar-refractivity contribution in [1.29, 1.82) is 0 Å². The first kappa shape index (κ1) is 19.5. The number of fused-ring (bicyclic) bond motifs is 7. The van der Waals surface area contributed by atoms with Gasteiger partial charge in [-0.3, -0.25) is 19.3 Å². The van der Waals surface area contributed by atoms with Crippen molar-refractivity contribution in [2.24, 2.45) is 23.7 Å². The Morgan fingerprint density at radius 2 is 1.72 bits per heavy atom. The molecule has 1 aromatic rings. The molecule has 4 amide bonds. The number of amides is 4. The summed E-state index contributed by atoms with van der Waals surface area (Å²) in [6.07, 6.45) is 4.99. The average Bonchev–Trinajstić information content (AvgIpc) is 3.53. The molecule has 3 aliphatic heterocycles. The molecule has 32 heavy (non-hydrogen) atoms. The van der Waals surface area contributed by atoms with Gasteiger partial charge in [-0.25, -0.2) is 14.5 Å². The fourth-order valence-electron chi connectivity index (χ4n) is 6.36. The molecule has 1 aromatic carbocycles. The fourth-order valence-corrected chi connectivity index (χ4v) is 6.36. The number of benzene rings is 1. The number of hydrogen-bond acceptors (Lipinski definition) is 5. The van der Waals surface area contributed by atoms with Crippen LogP contribution in [0, 0.1) is 23.7 Å². The van der Waals surface area contributed by atoms with Crippen LogP contribution in [0.25, 0.3) is 0 Å². The van der Waals surface area contributed by atoms with Crippen molar-refractivity contribution in [3.05, 3.63) is 48.0 Å². The Balaban J connectivity index is 1.30. The quantitative estimate of drug-likeness (QED) is 0.554. The summed E-state index contributed by atoms with van der Waals surface area (Å²) < 4.78 is 0. The fraction of sp³-hybridized carbons (Fsp3) is 0.478. The van der Waals surface area contributed by atoms with Crippen molar-refractivity contribution >= 4 is 23.8 Å². The second-order valence-electron chi connectivity index (χ2n) is 9.30. The molecule has 2 aliphatic carbocycles. The lowest BCUT2D eigenvalue weighted by Crippen LogP contribution is -2.69. The number of piperidine rings is 1. The Bertz CT molecular complexity index is 1030. The molecule has 3 saturated heterocycles. The highest BCUT2D eigenvalue weighted by Gasteiger charge is 2.70. The molecular weight excluding hydrogens is 414 g/mol. The summed E-state index contributed by atoms with van der Waals surface area (Å²) in [7, 11) is 0. The van der Waals surface area contributed by atoms with Crippen LogP contribution in [0.1, 0.15) is 24.8 Å². The van der Waals surface area contributed by atoms with Crippen LogP contribution in [0.3, 0.4) is 0 Å². The van der Waals surface area contributed by atoms with Gasteiger partial charge < -0.3 is 5.11 Å². The summed E-state index contributed by atoms with van der Waals surface area (Å²) in [6, 6.07) is 8.41. The minimum Gasteiger partial charge on any atom is -0.478 e. The van der Waals surface area contributed by atoms with Gasteiger partial charge in [0.2, 0.25) is 17.5 Å². The van der Waals surface area contributed by atoms with Crippen molar-refractivity contribution in [3.8, 4) is 0 Å². The van der Waals surface area contributed by atoms with Crippen LogP contribution in [0.5, 0.6) is 0 Å². The number of urea groups is 1. The third-order valence-electron chi connectivity index (χ3n) is 7.81. The third kappa shape index (κ3) is 2.37. The molecule has 6 atom stereocenters. The maximum Gasteiger partial charge on any atom is 0.351 e. The van der Waals surface area contributed by atoms with Gasteiger partial charge in [0.15, 0.2) is 0 Å². The van der Waals surface area contributed by atoms with Crippen molar-refractivity contribution < 1.29 is 29.1 Å². The Morgan fingerprint density at radius 1 is 1.06 bits per heavy atom. The van der Waals surface area contributed by atoms with Crippen molar-refractivity contribution in [1.82, 2.24) is 14.9 Å². The number of carbonyl (C=O) groups excluding carboxylic acids is 3. The lowest BCUT2D eigenvalue weighted by molar-refractivity contribution is -0.177. The van der Waals surface area contributed by atoms with Gasteiger partial charge in [0, 0.05) is 13.0 Å². The standard InChI is InChI=1S/C23H23N3O6/c27-19-17-14-6-7-15(10-14)18(17)20(28)25(19)23(21(29)30)9-8-16-11-24(23)22(31)26(16)32-12-13-4-2-1-3-5-13/h1-7,14-18H,8-12H2,(H,29,30)/t14-,15+,16-,17-,18+,23-/m1/s1. The monoisotopic (exact) mass is 437 g/mol. The molecule has 0 radical (unpaired) electrons. The normalized spacial score (nSPS) is 37.1. The number of carbonyl (C=O) groups is 4. The van der Waals surface area contributed by atoms with E-state index in [4.69, 9.17) is 4.84 Å². The van der Waals surface area contributed by atoms with Crippen LogP contribution in [0.4, 0.5) is 4.79 Å². The molecule has 4 bridgehead atoms. The molecule has 9 nitrogen and oxygen atoms in total. The molecule has 1 N–H and O–H groups in total. The molecule has 3 heterocycles. The zero-order valence-corrected chi connectivity index (χ0v) is 17.3. The maximum absolute atomic E-state index is 13.4. The minimum absolute atomic E-state index is 0.0103. The van der Waals surface area contributed by atoms with Crippen LogP contribution >= 0.6 is 0 Å². The van der Waals surface area contributed by atoms with Gasteiger partial charge >= 0.3 is 12.0 Å². The van der Waals surface area contributed by atoms with E-state index in [1.165, 1.54) is 5.06 Å². The first-order chi connectivity index (χ1) is 15.4. The van der Waals surface area contributed by atoms with Gasteiger partial charge in [-0.2, -0.15) is 5.06 Å². The zero-order valence-electron chi connectivity index (χ0n) is 17.3. The van der Waals surface area contributed by atoms with Crippen molar-refractivity contribution in [2.75, 3.05) is 6.54 Å². The molecule has 0 spiro atoms. The number of rotatable bonds is 5. The lowest BCUT2D eigenvalue weighted by Gasteiger charge is -2.45. The van der Waals surface area contributed by atoms with E-state index in [1.54, 1.807) is 0 Å². The second kappa shape index (κ2) is 6.65. The van der Waals surface area contributed by atoms with Crippen LogP contribution in [-0.4, -0.2) is 62.0 Å². The summed E-state index contributed by atoms with van der Waals surface area (Å²) in [4.78, 5) is 60.6. The first-order valence-electron chi connectivity index (χ1n) is 11.0. The number of hydrogen-bond donors (Lipinski definition) is 1. The number of nitrogens with zero attached hydrogens (tertiary/aromatic N) is 3. The predicted octanol–water partition coefficient (Wildman–Crippen LogP) is 1.61. The zero-order chi connectivity index (χ0) is 22.2. The van der Waals surface area contributed by atoms with E-state index in [9.17, 15) is 24.3 Å². The summed E-state index contributed by atoms with van der Waals surface area (Å²) in [5.41, 5.74) is -1.13. The molecular formula is C23H23N3O6. The highest BCUT2D eigenvalue weighted by molar-refractivity contribution is 6.10. The molecule has 166 valence electrons. The largest absolute Gasteiger partial charge is 0.478 e. The molecule has 0 aromatic heterocycles. The van der Waals surface area contributed by atoms with E-state index in [0.717, 1.165) is 21.8 Å². The lowest BCUT2D eigenvalue weighted by atomic mass is 9.85. The highest BCUT2D eigenvalue weighted by Crippen LogP contribution is 2.55. The van der Waals surface area contributed by atoms with Crippen LogP contribution in [-0.2, 0) is 25.8 Å². The molecule has 1 saturated carbocycles. The summed E-state index contributed by atoms with van der Waals surface area (Å²) in [6.45, 7) is 0.259. The maximum atomic E-state index is 13.4. The number of likely N-dealkylation sites (tertiary alicyclic amines) is 1. The molecule has 5 aliphatic rings. The number of hydroxylamine groups is 2. The van der Waals surface area contributed by atoms with Gasteiger partial charge in [0.25, 0.3) is 0 Å². The minimum atomic E-state index is -2.00. The number of imide groups is 1. The van der Waals surface area contributed by atoms with Crippen LogP contribution < -0.4 is 0 Å². The van der Waals surface area contributed by atoms with Gasteiger partial charge in [-0.05, 0) is 30.2 Å². The number of aliphatic carboxylic acids is 1. The topological polar surface area (TPSA) is 107 Å². The smallest absolute Gasteiger partial charge is 0.351 e. The van der Waals surface area contributed by atoms with Crippen molar-refractivity contribution in [3.63, 3.8) is 0 Å². The second-order valence-corrected chi connectivity index (χ2v) is 9.30. The highest BCUT2D eigenvalue weighted by atomic mass is 16.7. The van der Waals surface area contributed by atoms with Gasteiger partial charge in [0.1, 0.15) is 6.61 Å². The van der Waals surface area contributed by atoms with E-state index >= 15 is 0 Å². The molecule has 0 unspecified atom stereocenters. The average molecular weight is 437 g/mol. The van der Waals surface area contributed by atoms with Crippen molar-refractivity contribution in [2.45, 2.75) is 37.6 Å². The van der Waals surface area contributed by atoms with Crippen LogP contribution in [0.15, 0.2) is 42.5 Å². The van der Waals surface area contributed by atoms with Gasteiger partial charge in [0.05, 0.1) is 17.9 Å². The number of carboxylic acid groups (broad SMARTS) is 1. The van der Waals surface area contributed by atoms with E-state index in [-0.39, 0.29) is 37.5 Å². The molecule has 9 heteroatoms. The Labute approximate surface area is 184 Å².